The molecule has 0 atom stereocenters. The first-order valence-corrected chi connectivity index (χ1v) is 5.06. The van der Waals surface area contributed by atoms with E-state index in [0.29, 0.717) is 5.92 Å². The van der Waals surface area contributed by atoms with E-state index >= 15 is 0 Å². The van der Waals surface area contributed by atoms with Crippen LogP contribution in [-0.2, 0) is 0 Å². The minimum atomic E-state index is 0.195. The second-order valence-electron chi connectivity index (χ2n) is 2.78. The molecule has 0 aliphatic heterocycles. The lowest BCUT2D eigenvalue weighted by atomic mass is 9.96. The average Bonchev–Trinajstić information content (AvgIpc) is 2.56. The third-order valence-electron chi connectivity index (χ3n) is 1.97. The van der Waals surface area contributed by atoms with Crippen molar-refractivity contribution < 1.29 is 10.2 Å². The summed E-state index contributed by atoms with van der Waals surface area (Å²) < 4.78 is 0. The fourth-order valence-corrected chi connectivity index (χ4v) is 2.04. The Hall–Kier alpha value is -0.380. The van der Waals surface area contributed by atoms with Crippen LogP contribution in [0.4, 0.5) is 0 Å². The highest BCUT2D eigenvalue weighted by atomic mass is 32.1. The number of aliphatic hydroxyl groups is 2. The van der Waals surface area contributed by atoms with E-state index < -0.39 is 0 Å². The molecule has 0 spiro atoms. The largest absolute Gasteiger partial charge is 0.396 e. The number of hydrogen-bond acceptors (Lipinski definition) is 3. The smallest absolute Gasteiger partial charge is 0.0436 e. The number of aliphatic hydroxyl groups excluding tert-OH is 2. The molecule has 1 rings (SSSR count). The molecule has 0 aliphatic rings. The molecule has 0 aromatic carbocycles. The zero-order valence-corrected chi connectivity index (χ0v) is 7.76. The zero-order chi connectivity index (χ0) is 8.81. The van der Waals surface area contributed by atoms with Crippen molar-refractivity contribution in [2.24, 2.45) is 0 Å². The minimum absolute atomic E-state index is 0.195. The van der Waals surface area contributed by atoms with Gasteiger partial charge in [-0.15, -0.1) is 0 Å². The lowest BCUT2D eigenvalue weighted by Crippen LogP contribution is -2.02. The van der Waals surface area contributed by atoms with Crippen LogP contribution >= 0.6 is 11.3 Å². The molecule has 0 saturated carbocycles. The molecule has 1 aromatic rings. The summed E-state index contributed by atoms with van der Waals surface area (Å²) in [5.41, 5.74) is 1.24. The molecule has 0 radical (unpaired) electrons. The zero-order valence-electron chi connectivity index (χ0n) is 6.94. The molecule has 68 valence electrons. The van der Waals surface area contributed by atoms with Crippen molar-refractivity contribution in [3.05, 3.63) is 22.4 Å². The van der Waals surface area contributed by atoms with Crippen molar-refractivity contribution in [3.8, 4) is 0 Å². The molecule has 2 nitrogen and oxygen atoms in total. The van der Waals surface area contributed by atoms with Gasteiger partial charge in [0.25, 0.3) is 0 Å². The molecular formula is C9H14O2S. The monoisotopic (exact) mass is 186 g/mol. The van der Waals surface area contributed by atoms with Gasteiger partial charge < -0.3 is 10.2 Å². The van der Waals surface area contributed by atoms with E-state index in [1.54, 1.807) is 11.3 Å². The normalized spacial score (nSPS) is 10.9. The Morgan fingerprint density at radius 1 is 1.25 bits per heavy atom. The van der Waals surface area contributed by atoms with Gasteiger partial charge >= 0.3 is 0 Å². The van der Waals surface area contributed by atoms with Gasteiger partial charge in [0.05, 0.1) is 0 Å². The van der Waals surface area contributed by atoms with Gasteiger partial charge in [-0.3, -0.25) is 0 Å². The second kappa shape index (κ2) is 5.30. The Kier molecular flexibility index (Phi) is 4.29. The minimum Gasteiger partial charge on any atom is -0.396 e. The molecule has 0 fully saturated rings. The Labute approximate surface area is 76.5 Å². The summed E-state index contributed by atoms with van der Waals surface area (Å²) in [5, 5.41) is 21.7. The van der Waals surface area contributed by atoms with Gasteiger partial charge in [0, 0.05) is 13.2 Å². The maximum atomic E-state index is 8.78. The highest BCUT2D eigenvalue weighted by Crippen LogP contribution is 2.24. The predicted molar refractivity (Wildman–Crippen MR) is 50.5 cm³/mol. The highest BCUT2D eigenvalue weighted by molar-refractivity contribution is 7.07. The van der Waals surface area contributed by atoms with Crippen LogP contribution < -0.4 is 0 Å². The first-order valence-electron chi connectivity index (χ1n) is 4.12. The Morgan fingerprint density at radius 2 is 1.92 bits per heavy atom. The van der Waals surface area contributed by atoms with E-state index in [0.717, 1.165) is 12.8 Å². The topological polar surface area (TPSA) is 40.5 Å². The third-order valence-corrected chi connectivity index (χ3v) is 2.67. The molecule has 3 heteroatoms. The van der Waals surface area contributed by atoms with Crippen LogP contribution in [0.25, 0.3) is 0 Å². The van der Waals surface area contributed by atoms with Gasteiger partial charge in [0.1, 0.15) is 0 Å². The molecule has 1 heterocycles. The average molecular weight is 186 g/mol. The SMILES string of the molecule is OCCC(CCO)c1ccsc1. The second-order valence-corrected chi connectivity index (χ2v) is 3.56. The summed E-state index contributed by atoms with van der Waals surface area (Å²) in [6, 6.07) is 2.06. The van der Waals surface area contributed by atoms with E-state index in [1.165, 1.54) is 5.56 Å². The van der Waals surface area contributed by atoms with Crippen LogP contribution in [0, 0.1) is 0 Å². The molecule has 2 N–H and O–H groups in total. The van der Waals surface area contributed by atoms with Crippen LogP contribution in [0.3, 0.4) is 0 Å². The van der Waals surface area contributed by atoms with Crippen molar-refractivity contribution >= 4 is 11.3 Å². The fourth-order valence-electron chi connectivity index (χ4n) is 1.30. The summed E-state index contributed by atoms with van der Waals surface area (Å²) in [5.74, 6) is 0.325. The van der Waals surface area contributed by atoms with Crippen molar-refractivity contribution in [1.82, 2.24) is 0 Å². The van der Waals surface area contributed by atoms with E-state index in [4.69, 9.17) is 10.2 Å². The van der Waals surface area contributed by atoms with Crippen molar-refractivity contribution in [2.45, 2.75) is 18.8 Å². The van der Waals surface area contributed by atoms with Gasteiger partial charge in [0.2, 0.25) is 0 Å². The van der Waals surface area contributed by atoms with E-state index in [2.05, 4.69) is 11.4 Å². The van der Waals surface area contributed by atoms with Crippen LogP contribution in [-0.4, -0.2) is 23.4 Å². The van der Waals surface area contributed by atoms with Crippen molar-refractivity contribution in [2.75, 3.05) is 13.2 Å². The summed E-state index contributed by atoms with van der Waals surface area (Å²) in [7, 11) is 0. The van der Waals surface area contributed by atoms with Gasteiger partial charge in [-0.1, -0.05) is 0 Å². The maximum Gasteiger partial charge on any atom is 0.0436 e. The third kappa shape index (κ3) is 2.59. The molecule has 0 saturated heterocycles. The maximum absolute atomic E-state index is 8.78. The summed E-state index contributed by atoms with van der Waals surface area (Å²) >= 11 is 1.66. The van der Waals surface area contributed by atoms with Crippen molar-refractivity contribution in [1.29, 1.82) is 0 Å². The Bertz CT molecular complexity index is 190. The van der Waals surface area contributed by atoms with Crippen molar-refractivity contribution in [3.63, 3.8) is 0 Å². The quantitative estimate of drug-likeness (QED) is 0.733. The van der Waals surface area contributed by atoms with E-state index in [-0.39, 0.29) is 13.2 Å². The predicted octanol–water partition coefficient (Wildman–Crippen LogP) is 1.60. The number of rotatable bonds is 5. The summed E-state index contributed by atoms with van der Waals surface area (Å²) in [4.78, 5) is 0. The highest BCUT2D eigenvalue weighted by Gasteiger charge is 2.09. The van der Waals surface area contributed by atoms with Gasteiger partial charge in [-0.25, -0.2) is 0 Å². The Balaban J connectivity index is 2.53. The van der Waals surface area contributed by atoms with E-state index in [1.807, 2.05) is 5.38 Å². The molecular weight excluding hydrogens is 172 g/mol. The standard InChI is InChI=1S/C9H14O2S/c10-4-1-8(2-5-11)9-3-6-12-7-9/h3,6-8,10-11H,1-2,4-5H2. The summed E-state index contributed by atoms with van der Waals surface area (Å²) in [6.07, 6.45) is 1.49. The molecule has 0 bridgehead atoms. The fraction of sp³-hybridized carbons (Fsp3) is 0.556. The van der Waals surface area contributed by atoms with Crippen LogP contribution in [0.1, 0.15) is 24.3 Å². The first kappa shape index (κ1) is 9.71. The molecule has 0 unspecified atom stereocenters. The Morgan fingerprint density at radius 3 is 2.33 bits per heavy atom. The number of hydrogen-bond donors (Lipinski definition) is 2. The van der Waals surface area contributed by atoms with Crippen LogP contribution in [0.2, 0.25) is 0 Å². The summed E-state index contributed by atoms with van der Waals surface area (Å²) in [6.45, 7) is 0.390. The van der Waals surface area contributed by atoms with Gasteiger partial charge in [-0.05, 0) is 41.1 Å². The molecule has 0 amide bonds. The lowest BCUT2D eigenvalue weighted by molar-refractivity contribution is 0.242. The molecule has 12 heavy (non-hydrogen) atoms. The molecule has 1 aromatic heterocycles. The van der Waals surface area contributed by atoms with E-state index in [9.17, 15) is 0 Å². The number of thiophene rings is 1. The van der Waals surface area contributed by atoms with Gasteiger partial charge in [-0.2, -0.15) is 11.3 Å². The van der Waals surface area contributed by atoms with Crippen LogP contribution in [0.15, 0.2) is 16.8 Å². The van der Waals surface area contributed by atoms with Gasteiger partial charge in [0.15, 0.2) is 0 Å². The lowest BCUT2D eigenvalue weighted by Gasteiger charge is -2.11. The molecule has 0 aliphatic carbocycles. The first-order chi connectivity index (χ1) is 5.88. The van der Waals surface area contributed by atoms with Crippen LogP contribution in [0.5, 0.6) is 0 Å².